The Morgan fingerprint density at radius 2 is 1.26 bits per heavy atom. The smallest absolute Gasteiger partial charge is 0.203 e. The summed E-state index contributed by atoms with van der Waals surface area (Å²) in [7, 11) is 4.79. The van der Waals surface area contributed by atoms with Crippen LogP contribution in [-0.2, 0) is 0 Å². The SMILES string of the molecule is COc1cc(-c2ccc(N)cc2)cc(OC)c1OC. The lowest BCUT2D eigenvalue weighted by Gasteiger charge is -2.14. The summed E-state index contributed by atoms with van der Waals surface area (Å²) >= 11 is 0. The summed E-state index contributed by atoms with van der Waals surface area (Å²) in [5, 5.41) is 0. The molecule has 0 aliphatic carbocycles. The average molecular weight is 259 g/mol. The molecule has 19 heavy (non-hydrogen) atoms. The topological polar surface area (TPSA) is 53.7 Å². The second-order valence-electron chi connectivity index (χ2n) is 4.04. The minimum absolute atomic E-state index is 0.587. The van der Waals surface area contributed by atoms with Crippen molar-refractivity contribution in [3.05, 3.63) is 36.4 Å². The highest BCUT2D eigenvalue weighted by molar-refractivity contribution is 5.72. The summed E-state index contributed by atoms with van der Waals surface area (Å²) in [5.74, 6) is 1.85. The predicted molar refractivity (Wildman–Crippen MR) is 75.9 cm³/mol. The Hall–Kier alpha value is -2.36. The molecule has 2 rings (SSSR count). The maximum atomic E-state index is 5.69. The van der Waals surface area contributed by atoms with Gasteiger partial charge in [-0.2, -0.15) is 0 Å². The molecule has 0 heterocycles. The minimum Gasteiger partial charge on any atom is -0.493 e. The molecule has 0 aliphatic heterocycles. The third kappa shape index (κ3) is 2.57. The zero-order valence-corrected chi connectivity index (χ0v) is 11.3. The van der Waals surface area contributed by atoms with Crippen LogP contribution in [0.15, 0.2) is 36.4 Å². The van der Waals surface area contributed by atoms with Crippen LogP contribution >= 0.6 is 0 Å². The molecule has 0 radical (unpaired) electrons. The van der Waals surface area contributed by atoms with Crippen molar-refractivity contribution in [2.24, 2.45) is 0 Å². The van der Waals surface area contributed by atoms with Crippen LogP contribution in [0.5, 0.6) is 17.2 Å². The average Bonchev–Trinajstić information content (AvgIpc) is 2.46. The number of nitrogens with two attached hydrogens (primary N) is 1. The first-order chi connectivity index (χ1) is 9.19. The Balaban J connectivity index is 2.55. The fourth-order valence-corrected chi connectivity index (χ4v) is 1.92. The van der Waals surface area contributed by atoms with Gasteiger partial charge < -0.3 is 19.9 Å². The molecule has 0 amide bonds. The number of hydrogen-bond acceptors (Lipinski definition) is 4. The van der Waals surface area contributed by atoms with Crippen LogP contribution in [0.4, 0.5) is 5.69 Å². The molecule has 0 spiro atoms. The van der Waals surface area contributed by atoms with E-state index in [1.807, 2.05) is 36.4 Å². The van der Waals surface area contributed by atoms with E-state index in [1.165, 1.54) is 0 Å². The molecular formula is C15H17NO3. The highest BCUT2D eigenvalue weighted by Gasteiger charge is 2.13. The van der Waals surface area contributed by atoms with Crippen molar-refractivity contribution in [1.29, 1.82) is 0 Å². The third-order valence-electron chi connectivity index (χ3n) is 2.91. The predicted octanol–water partition coefficient (Wildman–Crippen LogP) is 2.96. The van der Waals surface area contributed by atoms with Gasteiger partial charge in [0.25, 0.3) is 0 Å². The molecule has 4 nitrogen and oxygen atoms in total. The Morgan fingerprint density at radius 1 is 0.737 bits per heavy atom. The first-order valence-corrected chi connectivity index (χ1v) is 5.85. The van der Waals surface area contributed by atoms with Gasteiger partial charge in [-0.3, -0.25) is 0 Å². The first kappa shape index (κ1) is 13.1. The second kappa shape index (κ2) is 5.52. The quantitative estimate of drug-likeness (QED) is 0.858. The lowest BCUT2D eigenvalue weighted by molar-refractivity contribution is 0.324. The lowest BCUT2D eigenvalue weighted by Crippen LogP contribution is -1.95. The highest BCUT2D eigenvalue weighted by atomic mass is 16.5. The van der Waals surface area contributed by atoms with Gasteiger partial charge >= 0.3 is 0 Å². The zero-order valence-electron chi connectivity index (χ0n) is 11.3. The van der Waals surface area contributed by atoms with Crippen LogP contribution in [-0.4, -0.2) is 21.3 Å². The Kier molecular flexibility index (Phi) is 3.80. The van der Waals surface area contributed by atoms with Crippen LogP contribution in [0, 0.1) is 0 Å². The van der Waals surface area contributed by atoms with Crippen LogP contribution < -0.4 is 19.9 Å². The molecule has 0 aliphatic rings. The van der Waals surface area contributed by atoms with Crippen LogP contribution in [0.3, 0.4) is 0 Å². The lowest BCUT2D eigenvalue weighted by atomic mass is 10.0. The zero-order chi connectivity index (χ0) is 13.8. The van der Waals surface area contributed by atoms with Crippen LogP contribution in [0.25, 0.3) is 11.1 Å². The summed E-state index contributed by atoms with van der Waals surface area (Å²) in [4.78, 5) is 0. The molecule has 0 atom stereocenters. The summed E-state index contributed by atoms with van der Waals surface area (Å²) < 4.78 is 16.0. The van der Waals surface area contributed by atoms with Gasteiger partial charge in [0, 0.05) is 5.69 Å². The van der Waals surface area contributed by atoms with E-state index in [2.05, 4.69) is 0 Å². The number of rotatable bonds is 4. The molecule has 0 aromatic heterocycles. The van der Waals surface area contributed by atoms with E-state index in [-0.39, 0.29) is 0 Å². The van der Waals surface area contributed by atoms with E-state index in [0.717, 1.165) is 16.8 Å². The largest absolute Gasteiger partial charge is 0.493 e. The van der Waals surface area contributed by atoms with Gasteiger partial charge in [-0.25, -0.2) is 0 Å². The summed E-state index contributed by atoms with van der Waals surface area (Å²) in [6, 6.07) is 11.4. The van der Waals surface area contributed by atoms with Gasteiger partial charge in [-0.15, -0.1) is 0 Å². The van der Waals surface area contributed by atoms with Gasteiger partial charge in [0.05, 0.1) is 21.3 Å². The number of anilines is 1. The monoisotopic (exact) mass is 259 g/mol. The maximum absolute atomic E-state index is 5.69. The number of nitrogen functional groups attached to an aromatic ring is 1. The molecule has 100 valence electrons. The fourth-order valence-electron chi connectivity index (χ4n) is 1.92. The van der Waals surface area contributed by atoms with Crippen molar-refractivity contribution in [3.63, 3.8) is 0 Å². The van der Waals surface area contributed by atoms with Gasteiger partial charge in [-0.05, 0) is 35.4 Å². The number of hydrogen-bond donors (Lipinski definition) is 1. The minimum atomic E-state index is 0.587. The summed E-state index contributed by atoms with van der Waals surface area (Å²) in [6.45, 7) is 0. The Morgan fingerprint density at radius 3 is 1.68 bits per heavy atom. The number of benzene rings is 2. The number of ether oxygens (including phenoxy) is 3. The molecule has 4 heteroatoms. The van der Waals surface area contributed by atoms with Crippen molar-refractivity contribution < 1.29 is 14.2 Å². The molecule has 0 bridgehead atoms. The van der Waals surface area contributed by atoms with Crippen molar-refractivity contribution in [2.75, 3.05) is 27.1 Å². The van der Waals surface area contributed by atoms with Gasteiger partial charge in [0.1, 0.15) is 0 Å². The molecule has 2 aromatic carbocycles. The molecular weight excluding hydrogens is 242 g/mol. The van der Waals surface area contributed by atoms with Crippen molar-refractivity contribution in [2.45, 2.75) is 0 Å². The molecule has 0 saturated carbocycles. The van der Waals surface area contributed by atoms with Gasteiger partial charge in [0.2, 0.25) is 5.75 Å². The molecule has 2 N–H and O–H groups in total. The first-order valence-electron chi connectivity index (χ1n) is 5.85. The Labute approximate surface area is 112 Å². The molecule has 0 unspecified atom stereocenters. The highest BCUT2D eigenvalue weighted by Crippen LogP contribution is 2.41. The normalized spacial score (nSPS) is 10.1. The van der Waals surface area contributed by atoms with Crippen molar-refractivity contribution >= 4 is 5.69 Å². The third-order valence-corrected chi connectivity index (χ3v) is 2.91. The van der Waals surface area contributed by atoms with Gasteiger partial charge in [-0.1, -0.05) is 12.1 Å². The van der Waals surface area contributed by atoms with E-state index in [4.69, 9.17) is 19.9 Å². The molecule has 0 saturated heterocycles. The van der Waals surface area contributed by atoms with Crippen molar-refractivity contribution in [1.82, 2.24) is 0 Å². The maximum Gasteiger partial charge on any atom is 0.203 e. The van der Waals surface area contributed by atoms with E-state index >= 15 is 0 Å². The van der Waals surface area contributed by atoms with Crippen molar-refractivity contribution in [3.8, 4) is 28.4 Å². The van der Waals surface area contributed by atoms with Crippen LogP contribution in [0.1, 0.15) is 0 Å². The molecule has 2 aromatic rings. The van der Waals surface area contributed by atoms with E-state index < -0.39 is 0 Å². The summed E-state index contributed by atoms with van der Waals surface area (Å²) in [5.41, 5.74) is 8.44. The van der Waals surface area contributed by atoms with Crippen LogP contribution in [0.2, 0.25) is 0 Å². The van der Waals surface area contributed by atoms with Gasteiger partial charge in [0.15, 0.2) is 11.5 Å². The second-order valence-corrected chi connectivity index (χ2v) is 4.04. The standard InChI is InChI=1S/C15H17NO3/c1-17-13-8-11(9-14(18-2)15(13)19-3)10-4-6-12(16)7-5-10/h4-9H,16H2,1-3H3. The Bertz CT molecular complexity index is 539. The summed E-state index contributed by atoms with van der Waals surface area (Å²) in [6.07, 6.45) is 0. The van der Waals surface area contributed by atoms with E-state index in [0.29, 0.717) is 17.2 Å². The van der Waals surface area contributed by atoms with E-state index in [1.54, 1.807) is 21.3 Å². The molecule has 0 fully saturated rings. The van der Waals surface area contributed by atoms with E-state index in [9.17, 15) is 0 Å². The fraction of sp³-hybridized carbons (Fsp3) is 0.200. The number of methoxy groups -OCH3 is 3.